The van der Waals surface area contributed by atoms with Crippen LogP contribution < -0.4 is 11.2 Å². The maximum atomic E-state index is 5.71. The summed E-state index contributed by atoms with van der Waals surface area (Å²) < 4.78 is 0. The molecule has 1 unspecified atom stereocenters. The molecule has 0 amide bonds. The third kappa shape index (κ3) is 1.75. The van der Waals surface area contributed by atoms with Gasteiger partial charge < -0.3 is 10.6 Å². The highest BCUT2D eigenvalue weighted by Gasteiger charge is 2.27. The zero-order chi connectivity index (χ0) is 11.8. The van der Waals surface area contributed by atoms with Crippen LogP contribution in [0, 0.1) is 0 Å². The Balaban J connectivity index is 1.83. The number of hydrogen-bond donors (Lipinski definition) is 2. The zero-order valence-corrected chi connectivity index (χ0v) is 9.85. The highest BCUT2D eigenvalue weighted by atomic mass is 15.5. The fourth-order valence-electron chi connectivity index (χ4n) is 2.38. The van der Waals surface area contributed by atoms with E-state index >= 15 is 0 Å². The Morgan fingerprint density at radius 2 is 2.12 bits per heavy atom. The number of anilines is 1. The van der Waals surface area contributed by atoms with E-state index in [2.05, 4.69) is 33.6 Å². The molecule has 1 aromatic rings. The highest BCUT2D eigenvalue weighted by Crippen LogP contribution is 2.29. The van der Waals surface area contributed by atoms with Gasteiger partial charge in [0.05, 0.1) is 0 Å². The number of rotatable bonds is 1. The average molecular weight is 228 g/mol. The van der Waals surface area contributed by atoms with Gasteiger partial charge in [0, 0.05) is 18.2 Å². The molecule has 2 aliphatic rings. The molecule has 0 saturated heterocycles. The Kier molecular flexibility index (Phi) is 2.28. The molecule has 3 rings (SSSR count). The summed E-state index contributed by atoms with van der Waals surface area (Å²) in [5.41, 5.74) is 10.9. The predicted octanol–water partition coefficient (Wildman–Crippen LogP) is 1.84. The summed E-state index contributed by atoms with van der Waals surface area (Å²) in [6, 6.07) is 8.18. The van der Waals surface area contributed by atoms with E-state index in [0.29, 0.717) is 5.92 Å². The molecule has 0 fully saturated rings. The summed E-state index contributed by atoms with van der Waals surface area (Å²) in [4.78, 5) is 2.23. The Morgan fingerprint density at radius 1 is 1.35 bits per heavy atom. The number of hydrogen-bond acceptors (Lipinski definition) is 4. The molecule has 2 aliphatic heterocycles. The van der Waals surface area contributed by atoms with Crippen LogP contribution in [0.1, 0.15) is 24.8 Å². The maximum absolute atomic E-state index is 5.71. The van der Waals surface area contributed by atoms with Gasteiger partial charge in [0.2, 0.25) is 0 Å². The van der Waals surface area contributed by atoms with Crippen molar-refractivity contribution in [3.8, 4) is 0 Å². The number of benzene rings is 1. The second kappa shape index (κ2) is 3.80. The Bertz CT molecular complexity index is 487. The van der Waals surface area contributed by atoms with Crippen LogP contribution in [-0.4, -0.2) is 17.3 Å². The average Bonchev–Trinajstić information content (AvgIpc) is 2.72. The Morgan fingerprint density at radius 3 is 2.88 bits per heavy atom. The molecule has 0 saturated carbocycles. The van der Waals surface area contributed by atoms with Crippen LogP contribution >= 0.6 is 0 Å². The van der Waals surface area contributed by atoms with Crippen molar-refractivity contribution in [3.63, 3.8) is 0 Å². The van der Waals surface area contributed by atoms with Gasteiger partial charge >= 0.3 is 0 Å². The van der Waals surface area contributed by atoms with Crippen LogP contribution in [0.5, 0.6) is 0 Å². The summed E-state index contributed by atoms with van der Waals surface area (Å²) in [6.07, 6.45) is 3.26. The van der Waals surface area contributed by atoms with E-state index in [1.807, 2.05) is 19.1 Å². The normalized spacial score (nSPS) is 22.6. The molecule has 88 valence electrons. The van der Waals surface area contributed by atoms with Crippen LogP contribution in [0.25, 0.3) is 0 Å². The van der Waals surface area contributed by atoms with Gasteiger partial charge in [0.25, 0.3) is 0 Å². The van der Waals surface area contributed by atoms with E-state index in [1.165, 1.54) is 5.56 Å². The number of nitrogens with one attached hydrogen (secondary N) is 1. The van der Waals surface area contributed by atoms with E-state index < -0.39 is 0 Å². The predicted molar refractivity (Wildman–Crippen MR) is 69.2 cm³/mol. The van der Waals surface area contributed by atoms with Crippen molar-refractivity contribution in [1.82, 2.24) is 10.3 Å². The topological polar surface area (TPSA) is 53.6 Å². The lowest BCUT2D eigenvalue weighted by Crippen LogP contribution is -2.33. The summed E-state index contributed by atoms with van der Waals surface area (Å²) in [7, 11) is 0. The van der Waals surface area contributed by atoms with Crippen LogP contribution in [0.15, 0.2) is 41.3 Å². The molecule has 1 atom stereocenters. The molecular formula is C13H16N4. The molecule has 0 aromatic heterocycles. The molecular weight excluding hydrogens is 212 g/mol. The van der Waals surface area contributed by atoms with Crippen LogP contribution in [-0.2, 0) is 0 Å². The molecule has 0 aliphatic carbocycles. The van der Waals surface area contributed by atoms with E-state index in [9.17, 15) is 0 Å². The fourth-order valence-corrected chi connectivity index (χ4v) is 2.38. The summed E-state index contributed by atoms with van der Waals surface area (Å²) >= 11 is 0. The van der Waals surface area contributed by atoms with Gasteiger partial charge in [-0.05, 0) is 37.1 Å². The van der Waals surface area contributed by atoms with Crippen molar-refractivity contribution in [3.05, 3.63) is 41.7 Å². The smallest absolute Gasteiger partial charge is 0.127 e. The number of hydrazone groups is 1. The molecule has 1 aromatic carbocycles. The maximum Gasteiger partial charge on any atom is 0.127 e. The summed E-state index contributed by atoms with van der Waals surface area (Å²) in [5.74, 6) is 2.68. The van der Waals surface area contributed by atoms with Crippen molar-refractivity contribution in [2.24, 2.45) is 5.10 Å². The van der Waals surface area contributed by atoms with Crippen LogP contribution in [0.4, 0.5) is 5.69 Å². The third-order valence-electron chi connectivity index (χ3n) is 3.42. The lowest BCUT2D eigenvalue weighted by atomic mass is 9.92. The lowest BCUT2D eigenvalue weighted by Gasteiger charge is -2.29. The second-order valence-electron chi connectivity index (χ2n) is 4.57. The van der Waals surface area contributed by atoms with Crippen molar-refractivity contribution in [1.29, 1.82) is 0 Å². The van der Waals surface area contributed by atoms with Crippen molar-refractivity contribution in [2.75, 3.05) is 12.3 Å². The van der Waals surface area contributed by atoms with Crippen molar-refractivity contribution >= 4 is 11.5 Å². The van der Waals surface area contributed by atoms with Crippen molar-refractivity contribution in [2.45, 2.75) is 19.3 Å². The van der Waals surface area contributed by atoms with Crippen LogP contribution in [0.2, 0.25) is 0 Å². The van der Waals surface area contributed by atoms with E-state index in [-0.39, 0.29) is 0 Å². The molecule has 2 heterocycles. The van der Waals surface area contributed by atoms with Crippen LogP contribution in [0.3, 0.4) is 0 Å². The van der Waals surface area contributed by atoms with E-state index in [0.717, 1.165) is 30.3 Å². The first-order valence-electron chi connectivity index (χ1n) is 5.87. The Labute approximate surface area is 101 Å². The van der Waals surface area contributed by atoms with Gasteiger partial charge in [0.15, 0.2) is 0 Å². The summed E-state index contributed by atoms with van der Waals surface area (Å²) in [5, 5.41) is 4.23. The Hall–Kier alpha value is -1.97. The summed E-state index contributed by atoms with van der Waals surface area (Å²) in [6.45, 7) is 3.01. The molecule has 4 heteroatoms. The van der Waals surface area contributed by atoms with Gasteiger partial charge in [0.1, 0.15) is 11.7 Å². The zero-order valence-electron chi connectivity index (χ0n) is 9.85. The monoisotopic (exact) mass is 228 g/mol. The van der Waals surface area contributed by atoms with Gasteiger partial charge in [-0.2, -0.15) is 5.10 Å². The molecule has 17 heavy (non-hydrogen) atoms. The minimum absolute atomic E-state index is 0.518. The van der Waals surface area contributed by atoms with Gasteiger partial charge in [-0.25, -0.2) is 0 Å². The highest BCUT2D eigenvalue weighted by molar-refractivity contribution is 5.83. The second-order valence-corrected chi connectivity index (χ2v) is 4.57. The number of nitrogens with zero attached hydrogens (tertiary/aromatic N) is 2. The molecule has 3 N–H and O–H groups in total. The third-order valence-corrected chi connectivity index (χ3v) is 3.42. The molecule has 4 nitrogen and oxygen atoms in total. The molecule has 0 bridgehead atoms. The SMILES string of the molecule is CC1=NNC2=CCC(c3ccc(N)cc3)CN21. The number of nitrogen functional groups attached to an aromatic ring is 1. The van der Waals surface area contributed by atoms with Gasteiger partial charge in [-0.15, -0.1) is 0 Å². The number of fused-ring (bicyclic) bond motifs is 1. The number of allylic oxidation sites excluding steroid dienone is 1. The number of nitrogens with two attached hydrogens (primary N) is 1. The molecule has 0 spiro atoms. The van der Waals surface area contributed by atoms with Gasteiger partial charge in [-0.1, -0.05) is 12.1 Å². The first-order valence-corrected chi connectivity index (χ1v) is 5.87. The van der Waals surface area contributed by atoms with Crippen molar-refractivity contribution < 1.29 is 0 Å². The first kappa shape index (κ1) is 10.2. The molecule has 0 radical (unpaired) electrons. The van der Waals surface area contributed by atoms with E-state index in [4.69, 9.17) is 5.73 Å². The van der Waals surface area contributed by atoms with E-state index in [1.54, 1.807) is 0 Å². The van der Waals surface area contributed by atoms with Gasteiger partial charge in [-0.3, -0.25) is 5.43 Å². The largest absolute Gasteiger partial charge is 0.399 e. The number of amidine groups is 1. The lowest BCUT2D eigenvalue weighted by molar-refractivity contribution is 0.424. The first-order chi connectivity index (χ1) is 8.24. The minimum Gasteiger partial charge on any atom is -0.399 e. The standard InChI is InChI=1S/C13H16N4/c1-9-15-16-13-7-4-11(8-17(9)13)10-2-5-12(14)6-3-10/h2-3,5-7,11,16H,4,8,14H2,1H3. The quantitative estimate of drug-likeness (QED) is 0.721. The fraction of sp³-hybridized carbons (Fsp3) is 0.308. The minimum atomic E-state index is 0.518.